The molecule has 2 N–H and O–H groups in total. The van der Waals surface area contributed by atoms with E-state index in [0.717, 1.165) is 36.8 Å². The zero-order chi connectivity index (χ0) is 24.7. The third-order valence-corrected chi connectivity index (χ3v) is 6.68. The number of hydrogen-bond donors (Lipinski definition) is 2. The number of rotatable bonds is 11. The minimum Gasteiger partial charge on any atom is -0.504 e. The summed E-state index contributed by atoms with van der Waals surface area (Å²) in [6.07, 6.45) is 4.87. The third kappa shape index (κ3) is 6.22. The zero-order valence-corrected chi connectivity index (χ0v) is 20.1. The fraction of sp³-hybridized carbons (Fsp3) is 0.481. The fourth-order valence-electron chi connectivity index (χ4n) is 4.97. The predicted octanol–water partition coefficient (Wildman–Crippen LogP) is 4.84. The molecule has 1 fully saturated rings. The number of methoxy groups -OCH3 is 2. The highest BCUT2D eigenvalue weighted by atomic mass is 16.5. The van der Waals surface area contributed by atoms with Gasteiger partial charge in [0.2, 0.25) is 0 Å². The standard InChI is InChI=1S/C27H34O7/c1-18(28)34-22(9-6-19-7-10-23(30)25(14-19)32-2)16-21(29)17-27(12-4-5-13-27)20-8-11-24(31)26(15-20)33-3/h7-8,10-11,14-15,22,30-31H,4-6,9,12-13,16-17H2,1-3H3. The van der Waals surface area contributed by atoms with Gasteiger partial charge < -0.3 is 24.4 Å². The number of ketones is 1. The number of carbonyl (C=O) groups excluding carboxylic acids is 2. The van der Waals surface area contributed by atoms with E-state index in [9.17, 15) is 19.8 Å². The number of phenolic OH excluding ortho intramolecular Hbond substituents is 2. The van der Waals surface area contributed by atoms with Crippen molar-refractivity contribution in [2.45, 2.75) is 69.8 Å². The second-order valence-electron chi connectivity index (χ2n) is 9.07. The van der Waals surface area contributed by atoms with Crippen molar-refractivity contribution in [2.75, 3.05) is 14.2 Å². The summed E-state index contributed by atoms with van der Waals surface area (Å²) >= 11 is 0. The van der Waals surface area contributed by atoms with Crippen LogP contribution in [0.5, 0.6) is 23.0 Å². The number of hydrogen-bond acceptors (Lipinski definition) is 7. The molecule has 1 aliphatic rings. The van der Waals surface area contributed by atoms with E-state index in [2.05, 4.69) is 0 Å². The molecule has 0 aromatic heterocycles. The zero-order valence-electron chi connectivity index (χ0n) is 20.1. The minimum absolute atomic E-state index is 0.0449. The van der Waals surface area contributed by atoms with Gasteiger partial charge in [0.15, 0.2) is 23.0 Å². The Bertz CT molecular complexity index is 1010. The van der Waals surface area contributed by atoms with Crippen LogP contribution in [0, 0.1) is 0 Å². The Labute approximate surface area is 200 Å². The molecule has 1 unspecified atom stereocenters. The smallest absolute Gasteiger partial charge is 0.302 e. The van der Waals surface area contributed by atoms with Gasteiger partial charge in [-0.25, -0.2) is 0 Å². The lowest BCUT2D eigenvalue weighted by atomic mass is 9.74. The molecule has 184 valence electrons. The maximum atomic E-state index is 13.2. The summed E-state index contributed by atoms with van der Waals surface area (Å²) in [6, 6.07) is 10.4. The SMILES string of the molecule is COc1cc(CCC(CC(=O)CC2(c3ccc(O)c(OC)c3)CCCC2)OC(C)=O)ccc1O. The van der Waals surface area contributed by atoms with Crippen LogP contribution in [0.15, 0.2) is 36.4 Å². The molecule has 0 amide bonds. The lowest BCUT2D eigenvalue weighted by Gasteiger charge is -2.30. The number of esters is 1. The summed E-state index contributed by atoms with van der Waals surface area (Å²) in [5, 5.41) is 19.8. The Kier molecular flexibility index (Phi) is 8.42. The van der Waals surface area contributed by atoms with E-state index in [0.29, 0.717) is 30.8 Å². The van der Waals surface area contributed by atoms with Gasteiger partial charge in [-0.15, -0.1) is 0 Å². The molecule has 0 radical (unpaired) electrons. The molecule has 0 saturated heterocycles. The molecule has 1 atom stereocenters. The molecule has 7 heteroatoms. The first kappa shape index (κ1) is 25.4. The van der Waals surface area contributed by atoms with Crippen LogP contribution in [0.2, 0.25) is 0 Å². The molecule has 2 aromatic carbocycles. The Morgan fingerprint density at radius 3 is 2.21 bits per heavy atom. The molecule has 7 nitrogen and oxygen atoms in total. The highest BCUT2D eigenvalue weighted by Gasteiger charge is 2.38. The quantitative estimate of drug-likeness (QED) is 0.453. The summed E-state index contributed by atoms with van der Waals surface area (Å²) < 4.78 is 15.9. The monoisotopic (exact) mass is 470 g/mol. The summed E-state index contributed by atoms with van der Waals surface area (Å²) in [7, 11) is 3.00. The van der Waals surface area contributed by atoms with Crippen LogP contribution in [-0.4, -0.2) is 42.3 Å². The maximum Gasteiger partial charge on any atom is 0.302 e. The van der Waals surface area contributed by atoms with Crippen LogP contribution < -0.4 is 9.47 Å². The van der Waals surface area contributed by atoms with Crippen LogP contribution in [-0.2, 0) is 26.2 Å². The van der Waals surface area contributed by atoms with Gasteiger partial charge in [-0.2, -0.15) is 0 Å². The second kappa shape index (κ2) is 11.3. The number of ether oxygens (including phenoxy) is 3. The van der Waals surface area contributed by atoms with Crippen LogP contribution in [0.3, 0.4) is 0 Å². The van der Waals surface area contributed by atoms with Crippen LogP contribution in [0.4, 0.5) is 0 Å². The molecule has 1 aliphatic carbocycles. The van der Waals surface area contributed by atoms with E-state index < -0.39 is 12.1 Å². The average Bonchev–Trinajstić information content (AvgIpc) is 3.27. The molecular formula is C27H34O7. The van der Waals surface area contributed by atoms with Gasteiger partial charge in [-0.05, 0) is 61.1 Å². The van der Waals surface area contributed by atoms with Gasteiger partial charge in [0.1, 0.15) is 11.9 Å². The number of benzene rings is 2. The van der Waals surface area contributed by atoms with Crippen molar-refractivity contribution in [1.82, 2.24) is 0 Å². The third-order valence-electron chi connectivity index (χ3n) is 6.68. The lowest BCUT2D eigenvalue weighted by Crippen LogP contribution is -2.29. The largest absolute Gasteiger partial charge is 0.504 e. The van der Waals surface area contributed by atoms with E-state index in [4.69, 9.17) is 14.2 Å². The van der Waals surface area contributed by atoms with E-state index in [1.54, 1.807) is 24.3 Å². The topological polar surface area (TPSA) is 102 Å². The molecule has 0 aliphatic heterocycles. The molecule has 3 rings (SSSR count). The number of aromatic hydroxyl groups is 2. The Morgan fingerprint density at radius 2 is 1.59 bits per heavy atom. The fourth-order valence-corrected chi connectivity index (χ4v) is 4.97. The van der Waals surface area contributed by atoms with Gasteiger partial charge >= 0.3 is 5.97 Å². The van der Waals surface area contributed by atoms with Crippen LogP contribution >= 0.6 is 0 Å². The summed E-state index contributed by atoms with van der Waals surface area (Å²) in [4.78, 5) is 24.9. The first-order chi connectivity index (χ1) is 16.3. The summed E-state index contributed by atoms with van der Waals surface area (Å²) in [5.74, 6) is 0.545. The highest BCUT2D eigenvalue weighted by Crippen LogP contribution is 2.46. The Morgan fingerprint density at radius 1 is 0.971 bits per heavy atom. The second-order valence-corrected chi connectivity index (χ2v) is 9.07. The highest BCUT2D eigenvalue weighted by molar-refractivity contribution is 5.81. The van der Waals surface area contributed by atoms with E-state index in [1.165, 1.54) is 21.1 Å². The van der Waals surface area contributed by atoms with Crippen LogP contribution in [0.1, 0.15) is 63.0 Å². The van der Waals surface area contributed by atoms with Gasteiger partial charge in [0.05, 0.1) is 14.2 Å². The van der Waals surface area contributed by atoms with Crippen molar-refractivity contribution in [2.24, 2.45) is 0 Å². The molecule has 0 heterocycles. The number of carbonyl (C=O) groups is 2. The van der Waals surface area contributed by atoms with Crippen molar-refractivity contribution in [3.63, 3.8) is 0 Å². The van der Waals surface area contributed by atoms with Gasteiger partial charge in [-0.1, -0.05) is 25.0 Å². The van der Waals surface area contributed by atoms with Gasteiger partial charge in [0.25, 0.3) is 0 Å². The molecule has 0 spiro atoms. The van der Waals surface area contributed by atoms with Crippen molar-refractivity contribution in [3.8, 4) is 23.0 Å². The molecule has 34 heavy (non-hydrogen) atoms. The first-order valence-corrected chi connectivity index (χ1v) is 11.7. The number of phenols is 2. The Hall–Kier alpha value is -3.22. The summed E-state index contributed by atoms with van der Waals surface area (Å²) in [6.45, 7) is 1.35. The van der Waals surface area contributed by atoms with Crippen molar-refractivity contribution in [3.05, 3.63) is 47.5 Å². The molecule has 2 aromatic rings. The van der Waals surface area contributed by atoms with Crippen molar-refractivity contribution in [1.29, 1.82) is 0 Å². The number of Topliss-reactive ketones (excluding diaryl/α,β-unsaturated/α-hetero) is 1. The molecule has 1 saturated carbocycles. The van der Waals surface area contributed by atoms with E-state index >= 15 is 0 Å². The molecule has 0 bridgehead atoms. The predicted molar refractivity (Wildman–Crippen MR) is 128 cm³/mol. The van der Waals surface area contributed by atoms with E-state index in [-0.39, 0.29) is 29.1 Å². The normalized spacial score (nSPS) is 15.5. The first-order valence-electron chi connectivity index (χ1n) is 11.7. The lowest BCUT2D eigenvalue weighted by molar-refractivity contribution is -0.148. The maximum absolute atomic E-state index is 13.2. The number of aryl methyl sites for hydroxylation is 1. The van der Waals surface area contributed by atoms with E-state index in [1.807, 2.05) is 12.1 Å². The van der Waals surface area contributed by atoms with Gasteiger partial charge in [0, 0.05) is 25.2 Å². The van der Waals surface area contributed by atoms with Gasteiger partial charge in [-0.3, -0.25) is 9.59 Å². The average molecular weight is 471 g/mol. The molecular weight excluding hydrogens is 436 g/mol. The van der Waals surface area contributed by atoms with Crippen LogP contribution in [0.25, 0.3) is 0 Å². The minimum atomic E-state index is -0.530. The summed E-state index contributed by atoms with van der Waals surface area (Å²) in [5.41, 5.74) is 1.61. The Balaban J connectivity index is 1.71. The van der Waals surface area contributed by atoms with Crippen molar-refractivity contribution < 1.29 is 34.0 Å². The van der Waals surface area contributed by atoms with Crippen molar-refractivity contribution >= 4 is 11.8 Å².